The van der Waals surface area contributed by atoms with E-state index >= 15 is 0 Å². The summed E-state index contributed by atoms with van der Waals surface area (Å²) in [6.45, 7) is 3.07. The van der Waals surface area contributed by atoms with Crippen molar-refractivity contribution in [3.05, 3.63) is 48.3 Å². The number of likely N-dealkylation sites (tertiary alicyclic amines) is 1. The van der Waals surface area contributed by atoms with E-state index in [4.69, 9.17) is 0 Å². The normalized spacial score (nSPS) is 21.1. The van der Waals surface area contributed by atoms with Gasteiger partial charge in [-0.3, -0.25) is 9.59 Å². The summed E-state index contributed by atoms with van der Waals surface area (Å²) >= 11 is 0. The highest BCUT2D eigenvalue weighted by Crippen LogP contribution is 2.18. The Labute approximate surface area is 183 Å². The molecule has 2 atom stereocenters. The van der Waals surface area contributed by atoms with Crippen molar-refractivity contribution in [1.82, 2.24) is 25.3 Å². The molecule has 2 amide bonds. The van der Waals surface area contributed by atoms with E-state index in [1.165, 1.54) is 0 Å². The number of hydrogen-bond donors (Lipinski definition) is 2. The molecule has 4 rings (SSSR count). The molecule has 2 saturated heterocycles. The number of piperidine rings is 1. The van der Waals surface area contributed by atoms with E-state index in [1.807, 2.05) is 41.4 Å². The van der Waals surface area contributed by atoms with Gasteiger partial charge in [-0.1, -0.05) is 18.2 Å². The smallest absolute Gasteiger partial charge is 0.237 e. The molecule has 0 spiro atoms. The molecule has 2 aromatic rings. The van der Waals surface area contributed by atoms with Gasteiger partial charge in [0.2, 0.25) is 11.8 Å². The van der Waals surface area contributed by atoms with Crippen molar-refractivity contribution in [2.45, 2.75) is 38.1 Å². The predicted molar refractivity (Wildman–Crippen MR) is 118 cm³/mol. The summed E-state index contributed by atoms with van der Waals surface area (Å²) in [6, 6.07) is 9.84. The highest BCUT2D eigenvalue weighted by Gasteiger charge is 2.26. The number of nitrogens with zero attached hydrogens (tertiary/aromatic N) is 3. The summed E-state index contributed by atoms with van der Waals surface area (Å²) in [5.41, 5.74) is 1.90. The van der Waals surface area contributed by atoms with E-state index in [9.17, 15) is 9.59 Å². The third kappa shape index (κ3) is 5.61. The van der Waals surface area contributed by atoms with Gasteiger partial charge in [-0.05, 0) is 55.8 Å². The van der Waals surface area contributed by atoms with Crippen molar-refractivity contribution >= 4 is 24.2 Å². The second-order valence-corrected chi connectivity index (χ2v) is 8.05. The number of carbonyl (C=O) groups is 2. The van der Waals surface area contributed by atoms with Crippen molar-refractivity contribution in [2.24, 2.45) is 5.92 Å². The van der Waals surface area contributed by atoms with Crippen LogP contribution in [0, 0.1) is 5.92 Å². The molecular formula is C22H30ClN5O2. The zero-order chi connectivity index (χ0) is 20.1. The highest BCUT2D eigenvalue weighted by atomic mass is 35.5. The quantitative estimate of drug-likeness (QED) is 0.732. The van der Waals surface area contributed by atoms with Crippen LogP contribution in [0.5, 0.6) is 0 Å². The van der Waals surface area contributed by atoms with Crippen LogP contribution in [0.4, 0.5) is 0 Å². The van der Waals surface area contributed by atoms with E-state index in [2.05, 4.69) is 15.7 Å². The van der Waals surface area contributed by atoms with Crippen molar-refractivity contribution in [1.29, 1.82) is 0 Å². The molecule has 0 bridgehead atoms. The summed E-state index contributed by atoms with van der Waals surface area (Å²) < 4.78 is 1.80. The lowest BCUT2D eigenvalue weighted by molar-refractivity contribution is -0.132. The second kappa shape index (κ2) is 10.6. The van der Waals surface area contributed by atoms with Crippen LogP contribution in [0.15, 0.2) is 42.7 Å². The number of para-hydroxylation sites is 1. The maximum Gasteiger partial charge on any atom is 0.237 e. The van der Waals surface area contributed by atoms with Gasteiger partial charge < -0.3 is 15.5 Å². The highest BCUT2D eigenvalue weighted by molar-refractivity contribution is 5.85. The molecule has 3 heterocycles. The van der Waals surface area contributed by atoms with Gasteiger partial charge in [-0.2, -0.15) is 5.10 Å². The minimum Gasteiger partial charge on any atom is -0.354 e. The first-order valence-electron chi connectivity index (χ1n) is 10.6. The molecule has 2 aliphatic heterocycles. The van der Waals surface area contributed by atoms with Gasteiger partial charge in [0.15, 0.2) is 0 Å². The minimum absolute atomic E-state index is 0. The monoisotopic (exact) mass is 431 g/mol. The Balaban J connectivity index is 0.00000256. The molecule has 1 aromatic heterocycles. The van der Waals surface area contributed by atoms with E-state index in [0.717, 1.165) is 50.0 Å². The third-order valence-corrected chi connectivity index (χ3v) is 5.83. The van der Waals surface area contributed by atoms with Crippen molar-refractivity contribution in [3.8, 4) is 5.69 Å². The van der Waals surface area contributed by atoms with Crippen LogP contribution in [0.3, 0.4) is 0 Å². The Bertz CT molecular complexity index is 835. The Kier molecular flexibility index (Phi) is 7.87. The summed E-state index contributed by atoms with van der Waals surface area (Å²) in [6.07, 6.45) is 8.05. The maximum atomic E-state index is 12.8. The first-order valence-corrected chi connectivity index (χ1v) is 10.6. The standard InChI is InChI=1S/C22H29N5O2.ClH/c28-21(12-18-14-25-27(16-18)19-7-2-1-3-8-19)26-11-5-6-17(15-26)13-24-22(29)20-9-4-10-23-20;/h1-3,7-8,14,16-17,20,23H,4-6,9-13,15H2,(H,24,29);1H. The van der Waals surface area contributed by atoms with Gasteiger partial charge in [0.05, 0.1) is 24.3 Å². The molecule has 2 unspecified atom stereocenters. The number of benzene rings is 1. The maximum absolute atomic E-state index is 12.8. The molecule has 1 aromatic carbocycles. The molecule has 2 N–H and O–H groups in total. The number of nitrogens with one attached hydrogen (secondary N) is 2. The zero-order valence-corrected chi connectivity index (χ0v) is 17.9. The van der Waals surface area contributed by atoms with E-state index in [-0.39, 0.29) is 30.3 Å². The summed E-state index contributed by atoms with van der Waals surface area (Å²) in [5.74, 6) is 0.551. The Hall–Kier alpha value is -2.38. The average molecular weight is 432 g/mol. The largest absolute Gasteiger partial charge is 0.354 e. The number of amides is 2. The van der Waals surface area contributed by atoms with E-state index < -0.39 is 0 Å². The summed E-state index contributed by atoms with van der Waals surface area (Å²) in [4.78, 5) is 26.9. The van der Waals surface area contributed by atoms with Crippen LogP contribution >= 0.6 is 12.4 Å². The first kappa shape index (κ1) is 22.3. The zero-order valence-electron chi connectivity index (χ0n) is 17.1. The molecule has 162 valence electrons. The predicted octanol–water partition coefficient (Wildman–Crippen LogP) is 1.94. The van der Waals surface area contributed by atoms with Crippen LogP contribution in [0.25, 0.3) is 5.69 Å². The van der Waals surface area contributed by atoms with Gasteiger partial charge in [0.1, 0.15) is 0 Å². The Morgan fingerprint density at radius 3 is 2.77 bits per heavy atom. The lowest BCUT2D eigenvalue weighted by Crippen LogP contribution is -2.47. The second-order valence-electron chi connectivity index (χ2n) is 8.05. The van der Waals surface area contributed by atoms with Crippen molar-refractivity contribution in [2.75, 3.05) is 26.2 Å². The van der Waals surface area contributed by atoms with Crippen LogP contribution in [0.2, 0.25) is 0 Å². The molecule has 30 heavy (non-hydrogen) atoms. The molecule has 2 fully saturated rings. The fourth-order valence-corrected chi connectivity index (χ4v) is 4.19. The Morgan fingerprint density at radius 2 is 2.00 bits per heavy atom. The number of halogens is 1. The summed E-state index contributed by atoms with van der Waals surface area (Å²) in [5, 5.41) is 10.7. The van der Waals surface area contributed by atoms with Crippen LogP contribution in [-0.2, 0) is 16.0 Å². The lowest BCUT2D eigenvalue weighted by Gasteiger charge is -2.33. The molecule has 0 saturated carbocycles. The third-order valence-electron chi connectivity index (χ3n) is 5.83. The van der Waals surface area contributed by atoms with Crippen molar-refractivity contribution < 1.29 is 9.59 Å². The Morgan fingerprint density at radius 1 is 1.17 bits per heavy atom. The fourth-order valence-electron chi connectivity index (χ4n) is 4.19. The molecule has 2 aliphatic rings. The molecule has 8 heteroatoms. The van der Waals surface area contributed by atoms with E-state index in [0.29, 0.717) is 25.4 Å². The van der Waals surface area contributed by atoms with Gasteiger partial charge in [-0.25, -0.2) is 4.68 Å². The number of rotatable bonds is 6. The van der Waals surface area contributed by atoms with Crippen LogP contribution in [0.1, 0.15) is 31.2 Å². The minimum atomic E-state index is -0.0440. The number of hydrogen-bond acceptors (Lipinski definition) is 4. The van der Waals surface area contributed by atoms with Crippen LogP contribution < -0.4 is 10.6 Å². The van der Waals surface area contributed by atoms with Gasteiger partial charge in [0.25, 0.3) is 0 Å². The fraction of sp³-hybridized carbons (Fsp3) is 0.500. The first-order chi connectivity index (χ1) is 14.2. The lowest BCUT2D eigenvalue weighted by atomic mass is 9.97. The number of aromatic nitrogens is 2. The van der Waals surface area contributed by atoms with Crippen molar-refractivity contribution in [3.63, 3.8) is 0 Å². The van der Waals surface area contributed by atoms with Gasteiger partial charge in [-0.15, -0.1) is 12.4 Å². The number of carbonyl (C=O) groups excluding carboxylic acids is 2. The molecule has 0 aliphatic carbocycles. The molecular weight excluding hydrogens is 402 g/mol. The molecule has 7 nitrogen and oxygen atoms in total. The molecule has 0 radical (unpaired) electrons. The van der Waals surface area contributed by atoms with Gasteiger partial charge in [0, 0.05) is 25.8 Å². The SMILES string of the molecule is Cl.O=C(NCC1CCCN(C(=O)Cc2cnn(-c3ccccc3)c2)C1)C1CCCN1. The van der Waals surface area contributed by atoms with Gasteiger partial charge >= 0.3 is 0 Å². The average Bonchev–Trinajstić information content (AvgIpc) is 3.45. The van der Waals surface area contributed by atoms with E-state index in [1.54, 1.807) is 10.9 Å². The summed E-state index contributed by atoms with van der Waals surface area (Å²) in [7, 11) is 0. The topological polar surface area (TPSA) is 79.3 Å². The van der Waals surface area contributed by atoms with Crippen LogP contribution in [-0.4, -0.2) is 58.7 Å².